The first kappa shape index (κ1) is 14.7. The van der Waals surface area contributed by atoms with Gasteiger partial charge in [-0.25, -0.2) is 13.4 Å². The second-order valence-electron chi connectivity index (χ2n) is 4.45. The minimum absolute atomic E-state index is 0.181. The molecule has 0 aliphatic carbocycles. The van der Waals surface area contributed by atoms with Crippen molar-refractivity contribution in [3.63, 3.8) is 0 Å². The molecular weight excluding hydrogens is 296 g/mol. The van der Waals surface area contributed by atoms with E-state index >= 15 is 0 Å². The zero-order valence-corrected chi connectivity index (χ0v) is 12.9. The standard InChI is InChI=1S/C13H14N2O3S2/c1-8-4-5-11(6-9(8)2)20(17,18)15-13-14-12(7-19-13)10(3)16/h4-7H,1-3H3,(H,14,15). The van der Waals surface area contributed by atoms with E-state index in [1.807, 2.05) is 13.8 Å². The van der Waals surface area contributed by atoms with Crippen LogP contribution in [0.15, 0.2) is 28.5 Å². The highest BCUT2D eigenvalue weighted by atomic mass is 32.2. The zero-order valence-electron chi connectivity index (χ0n) is 11.3. The highest BCUT2D eigenvalue weighted by molar-refractivity contribution is 7.93. The van der Waals surface area contributed by atoms with Crippen LogP contribution in [-0.4, -0.2) is 19.2 Å². The second kappa shape index (κ2) is 5.34. The number of rotatable bonds is 4. The summed E-state index contributed by atoms with van der Waals surface area (Å²) in [7, 11) is -3.68. The number of carbonyl (C=O) groups excluding carboxylic acids is 1. The Balaban J connectivity index is 2.30. The lowest BCUT2D eigenvalue weighted by Crippen LogP contribution is -2.13. The first-order valence-corrected chi connectivity index (χ1v) is 8.22. The fraction of sp³-hybridized carbons (Fsp3) is 0.231. The zero-order chi connectivity index (χ0) is 14.9. The van der Waals surface area contributed by atoms with Crippen LogP contribution >= 0.6 is 11.3 Å². The van der Waals surface area contributed by atoms with Gasteiger partial charge in [0.25, 0.3) is 10.0 Å². The Morgan fingerprint density at radius 1 is 1.25 bits per heavy atom. The molecule has 1 aromatic heterocycles. The molecule has 2 aromatic rings. The van der Waals surface area contributed by atoms with Crippen LogP contribution in [0.5, 0.6) is 0 Å². The van der Waals surface area contributed by atoms with E-state index in [1.54, 1.807) is 18.2 Å². The first-order chi connectivity index (χ1) is 9.29. The summed E-state index contributed by atoms with van der Waals surface area (Å²) in [6.07, 6.45) is 0. The Morgan fingerprint density at radius 2 is 1.95 bits per heavy atom. The van der Waals surface area contributed by atoms with Crippen molar-refractivity contribution < 1.29 is 13.2 Å². The molecule has 5 nitrogen and oxygen atoms in total. The minimum atomic E-state index is -3.68. The van der Waals surface area contributed by atoms with E-state index in [0.29, 0.717) is 0 Å². The van der Waals surface area contributed by atoms with Crippen LogP contribution in [0.4, 0.5) is 5.13 Å². The number of carbonyl (C=O) groups is 1. The van der Waals surface area contributed by atoms with Crippen LogP contribution in [0.2, 0.25) is 0 Å². The van der Waals surface area contributed by atoms with Crippen molar-refractivity contribution in [3.8, 4) is 0 Å². The van der Waals surface area contributed by atoms with Gasteiger partial charge in [0.2, 0.25) is 0 Å². The lowest BCUT2D eigenvalue weighted by molar-refractivity contribution is 0.101. The summed E-state index contributed by atoms with van der Waals surface area (Å²) in [5, 5.41) is 1.72. The highest BCUT2D eigenvalue weighted by Gasteiger charge is 2.17. The molecule has 20 heavy (non-hydrogen) atoms. The molecular formula is C13H14N2O3S2. The van der Waals surface area contributed by atoms with Gasteiger partial charge in [0.05, 0.1) is 4.90 Å². The number of aryl methyl sites for hydroxylation is 2. The van der Waals surface area contributed by atoms with Gasteiger partial charge in [0, 0.05) is 12.3 Å². The largest absolute Gasteiger partial charge is 0.293 e. The SMILES string of the molecule is CC(=O)c1csc(NS(=O)(=O)c2ccc(C)c(C)c2)n1. The van der Waals surface area contributed by atoms with E-state index in [2.05, 4.69) is 9.71 Å². The van der Waals surface area contributed by atoms with Gasteiger partial charge < -0.3 is 0 Å². The maximum atomic E-state index is 12.2. The number of thiazole rings is 1. The van der Waals surface area contributed by atoms with Gasteiger partial charge in [-0.05, 0) is 37.1 Å². The lowest BCUT2D eigenvalue weighted by Gasteiger charge is -2.07. The van der Waals surface area contributed by atoms with Crippen LogP contribution in [0, 0.1) is 13.8 Å². The Bertz CT molecular complexity index is 764. The summed E-state index contributed by atoms with van der Waals surface area (Å²) in [4.78, 5) is 15.3. The molecule has 0 spiro atoms. The monoisotopic (exact) mass is 310 g/mol. The fourth-order valence-corrected chi connectivity index (χ4v) is 3.62. The number of hydrogen-bond donors (Lipinski definition) is 1. The van der Waals surface area contributed by atoms with E-state index in [1.165, 1.54) is 12.3 Å². The van der Waals surface area contributed by atoms with E-state index in [9.17, 15) is 13.2 Å². The number of anilines is 1. The van der Waals surface area contributed by atoms with Crippen LogP contribution in [0.25, 0.3) is 0 Å². The first-order valence-electron chi connectivity index (χ1n) is 5.86. The molecule has 0 unspecified atom stereocenters. The number of nitrogens with one attached hydrogen (secondary N) is 1. The average molecular weight is 310 g/mol. The molecule has 0 bridgehead atoms. The Labute approximate surface area is 121 Å². The molecule has 0 aliphatic heterocycles. The summed E-state index contributed by atoms with van der Waals surface area (Å²) in [5.74, 6) is -0.196. The number of hydrogen-bond acceptors (Lipinski definition) is 5. The number of sulfonamides is 1. The van der Waals surface area contributed by atoms with Gasteiger partial charge in [-0.3, -0.25) is 9.52 Å². The van der Waals surface area contributed by atoms with Gasteiger partial charge in [0.1, 0.15) is 5.69 Å². The maximum Gasteiger partial charge on any atom is 0.263 e. The third-order valence-electron chi connectivity index (χ3n) is 2.88. The molecule has 1 N–H and O–H groups in total. The molecule has 0 saturated heterocycles. The maximum absolute atomic E-state index is 12.2. The molecule has 0 saturated carbocycles. The molecule has 1 aromatic carbocycles. The molecule has 0 aliphatic rings. The Kier molecular flexibility index (Phi) is 3.92. The van der Waals surface area contributed by atoms with Crippen molar-refractivity contribution in [1.82, 2.24) is 4.98 Å². The van der Waals surface area contributed by atoms with Gasteiger partial charge >= 0.3 is 0 Å². The minimum Gasteiger partial charge on any atom is -0.293 e. The Hall–Kier alpha value is -1.73. The normalized spacial score (nSPS) is 11.3. The Morgan fingerprint density at radius 3 is 2.50 bits per heavy atom. The van der Waals surface area contributed by atoms with Gasteiger partial charge in [-0.2, -0.15) is 0 Å². The van der Waals surface area contributed by atoms with Gasteiger partial charge in [0.15, 0.2) is 10.9 Å². The van der Waals surface area contributed by atoms with Crippen LogP contribution in [0.3, 0.4) is 0 Å². The van der Waals surface area contributed by atoms with Crippen molar-refractivity contribution >= 4 is 32.3 Å². The fourth-order valence-electron chi connectivity index (χ4n) is 1.54. The predicted molar refractivity (Wildman–Crippen MR) is 78.8 cm³/mol. The van der Waals surface area contributed by atoms with E-state index in [0.717, 1.165) is 22.5 Å². The number of Topliss-reactive ketones (excluding diaryl/α,β-unsaturated/α-hetero) is 1. The third-order valence-corrected chi connectivity index (χ3v) is 5.10. The van der Waals surface area contributed by atoms with Crippen molar-refractivity contribution in [2.24, 2.45) is 0 Å². The van der Waals surface area contributed by atoms with Crippen molar-refractivity contribution in [2.45, 2.75) is 25.7 Å². The molecule has 0 fully saturated rings. The molecule has 0 amide bonds. The topological polar surface area (TPSA) is 76.1 Å². The molecule has 2 rings (SSSR count). The third kappa shape index (κ3) is 3.05. The smallest absolute Gasteiger partial charge is 0.263 e. The van der Waals surface area contributed by atoms with Gasteiger partial charge in [-0.1, -0.05) is 6.07 Å². The molecule has 1 heterocycles. The average Bonchev–Trinajstić information content (AvgIpc) is 2.80. The van der Waals surface area contributed by atoms with Crippen molar-refractivity contribution in [1.29, 1.82) is 0 Å². The predicted octanol–water partition coefficient (Wildman–Crippen LogP) is 2.76. The molecule has 106 valence electrons. The summed E-state index contributed by atoms with van der Waals surface area (Å²) >= 11 is 1.08. The molecule has 0 radical (unpaired) electrons. The van der Waals surface area contributed by atoms with Crippen LogP contribution < -0.4 is 4.72 Å². The number of ketones is 1. The van der Waals surface area contributed by atoms with Crippen molar-refractivity contribution in [3.05, 3.63) is 40.4 Å². The highest BCUT2D eigenvalue weighted by Crippen LogP contribution is 2.21. The van der Waals surface area contributed by atoms with E-state index in [4.69, 9.17) is 0 Å². The molecule has 0 atom stereocenters. The summed E-state index contributed by atoms with van der Waals surface area (Å²) in [6, 6.07) is 4.91. The summed E-state index contributed by atoms with van der Waals surface area (Å²) < 4.78 is 26.8. The quantitative estimate of drug-likeness (QED) is 0.881. The van der Waals surface area contributed by atoms with Gasteiger partial charge in [-0.15, -0.1) is 11.3 Å². The van der Waals surface area contributed by atoms with Crippen LogP contribution in [-0.2, 0) is 10.0 Å². The lowest BCUT2D eigenvalue weighted by atomic mass is 10.1. The van der Waals surface area contributed by atoms with Crippen LogP contribution in [0.1, 0.15) is 28.5 Å². The number of nitrogens with zero attached hydrogens (tertiary/aromatic N) is 1. The van der Waals surface area contributed by atoms with E-state index < -0.39 is 10.0 Å². The molecule has 7 heteroatoms. The van der Waals surface area contributed by atoms with E-state index in [-0.39, 0.29) is 21.5 Å². The summed E-state index contributed by atoms with van der Waals surface area (Å²) in [6.45, 7) is 5.15. The van der Waals surface area contributed by atoms with Crippen molar-refractivity contribution in [2.75, 3.05) is 4.72 Å². The number of benzene rings is 1. The number of aromatic nitrogens is 1. The second-order valence-corrected chi connectivity index (χ2v) is 6.99. The summed E-state index contributed by atoms with van der Waals surface area (Å²) in [5.41, 5.74) is 2.18.